The van der Waals surface area contributed by atoms with Crippen LogP contribution < -0.4 is 4.90 Å². The molecule has 4 heterocycles. The molecular weight excluding hydrogens is 294 g/mol. The summed E-state index contributed by atoms with van der Waals surface area (Å²) in [6.45, 7) is 7.50. The van der Waals surface area contributed by atoms with Gasteiger partial charge in [-0.3, -0.25) is 4.79 Å². The quantitative estimate of drug-likeness (QED) is 0.864. The summed E-state index contributed by atoms with van der Waals surface area (Å²) in [6, 6.07) is 0. The van der Waals surface area contributed by atoms with Crippen molar-refractivity contribution in [2.75, 3.05) is 31.1 Å². The van der Waals surface area contributed by atoms with Crippen molar-refractivity contribution in [3.05, 3.63) is 29.5 Å². The van der Waals surface area contributed by atoms with Crippen LogP contribution in [0.15, 0.2) is 12.5 Å². The monoisotopic (exact) mass is 313 g/mol. The van der Waals surface area contributed by atoms with Crippen molar-refractivity contribution in [1.82, 2.24) is 30.3 Å². The molecule has 23 heavy (non-hydrogen) atoms. The van der Waals surface area contributed by atoms with Crippen molar-refractivity contribution in [2.24, 2.45) is 11.8 Å². The zero-order chi connectivity index (χ0) is 16.0. The molecule has 8 heteroatoms. The van der Waals surface area contributed by atoms with Gasteiger partial charge in [-0.15, -0.1) is 0 Å². The second-order valence-corrected chi connectivity index (χ2v) is 6.40. The number of aryl methyl sites for hydroxylation is 1. The third-order valence-electron chi connectivity index (χ3n) is 5.02. The van der Waals surface area contributed by atoms with Crippen molar-refractivity contribution in [3.8, 4) is 0 Å². The number of aromatic amines is 1. The fourth-order valence-electron chi connectivity index (χ4n) is 3.64. The Morgan fingerprint density at radius 2 is 1.91 bits per heavy atom. The highest BCUT2D eigenvalue weighted by Crippen LogP contribution is 2.34. The van der Waals surface area contributed by atoms with Crippen molar-refractivity contribution < 1.29 is 4.79 Å². The number of hydrogen-bond acceptors (Lipinski definition) is 6. The summed E-state index contributed by atoms with van der Waals surface area (Å²) in [7, 11) is 0. The summed E-state index contributed by atoms with van der Waals surface area (Å²) in [6.07, 6.45) is 3.11. The first kappa shape index (κ1) is 14.1. The Morgan fingerprint density at radius 1 is 1.17 bits per heavy atom. The number of carbonyl (C=O) groups is 1. The summed E-state index contributed by atoms with van der Waals surface area (Å²) in [5, 5.41) is 10.1. The molecule has 2 aliphatic rings. The molecule has 2 aromatic rings. The number of carbonyl (C=O) groups excluding carboxylic acids is 1. The van der Waals surface area contributed by atoms with Gasteiger partial charge in [0.1, 0.15) is 12.1 Å². The van der Waals surface area contributed by atoms with Crippen LogP contribution >= 0.6 is 0 Å². The van der Waals surface area contributed by atoms with Crippen LogP contribution in [0.3, 0.4) is 0 Å². The second kappa shape index (κ2) is 5.29. The summed E-state index contributed by atoms with van der Waals surface area (Å²) in [4.78, 5) is 25.3. The first-order valence-corrected chi connectivity index (χ1v) is 7.81. The Morgan fingerprint density at radius 3 is 2.57 bits per heavy atom. The third kappa shape index (κ3) is 2.34. The third-order valence-corrected chi connectivity index (χ3v) is 5.02. The van der Waals surface area contributed by atoms with Crippen molar-refractivity contribution in [2.45, 2.75) is 13.8 Å². The largest absolute Gasteiger partial charge is 0.356 e. The van der Waals surface area contributed by atoms with E-state index in [4.69, 9.17) is 0 Å². The fourth-order valence-corrected chi connectivity index (χ4v) is 3.64. The van der Waals surface area contributed by atoms with E-state index >= 15 is 0 Å². The summed E-state index contributed by atoms with van der Waals surface area (Å²) < 4.78 is 0. The molecule has 120 valence electrons. The normalized spacial score (nSPS) is 23.4. The van der Waals surface area contributed by atoms with Gasteiger partial charge in [-0.2, -0.15) is 15.4 Å². The molecule has 0 radical (unpaired) electrons. The van der Waals surface area contributed by atoms with Gasteiger partial charge in [-0.05, 0) is 13.8 Å². The number of anilines is 1. The van der Waals surface area contributed by atoms with Gasteiger partial charge in [-0.1, -0.05) is 0 Å². The molecule has 1 amide bonds. The molecule has 4 rings (SSSR count). The average molecular weight is 313 g/mol. The van der Waals surface area contributed by atoms with Crippen molar-refractivity contribution in [3.63, 3.8) is 0 Å². The molecule has 2 saturated heterocycles. The Hall–Kier alpha value is -2.51. The fraction of sp³-hybridized carbons (Fsp3) is 0.533. The van der Waals surface area contributed by atoms with Gasteiger partial charge in [0.2, 0.25) is 0 Å². The van der Waals surface area contributed by atoms with E-state index < -0.39 is 0 Å². The first-order valence-electron chi connectivity index (χ1n) is 7.81. The number of hydrogen-bond donors (Lipinski definition) is 1. The smallest absolute Gasteiger partial charge is 0.276 e. The number of likely N-dealkylation sites (tertiary alicyclic amines) is 1. The maximum atomic E-state index is 12.4. The molecule has 2 aliphatic heterocycles. The Bertz CT molecular complexity index is 715. The van der Waals surface area contributed by atoms with E-state index in [1.807, 2.05) is 11.8 Å². The summed E-state index contributed by atoms with van der Waals surface area (Å²) >= 11 is 0. The van der Waals surface area contributed by atoms with Crippen molar-refractivity contribution >= 4 is 11.7 Å². The minimum Gasteiger partial charge on any atom is -0.356 e. The lowest BCUT2D eigenvalue weighted by molar-refractivity contribution is 0.0776. The van der Waals surface area contributed by atoms with Gasteiger partial charge in [-0.25, -0.2) is 9.97 Å². The van der Waals surface area contributed by atoms with E-state index in [1.54, 1.807) is 6.33 Å². The molecule has 0 spiro atoms. The van der Waals surface area contributed by atoms with Crippen LogP contribution in [0.5, 0.6) is 0 Å². The van der Waals surface area contributed by atoms with Gasteiger partial charge in [0, 0.05) is 49.3 Å². The molecule has 0 bridgehead atoms. The maximum absolute atomic E-state index is 12.4. The highest BCUT2D eigenvalue weighted by Gasteiger charge is 2.42. The molecule has 2 fully saturated rings. The van der Waals surface area contributed by atoms with Gasteiger partial charge in [0.05, 0.1) is 6.20 Å². The van der Waals surface area contributed by atoms with E-state index in [0.29, 0.717) is 17.5 Å². The van der Waals surface area contributed by atoms with Gasteiger partial charge in [0.25, 0.3) is 5.91 Å². The lowest BCUT2D eigenvalue weighted by atomic mass is 10.0. The molecule has 1 N–H and O–H groups in total. The molecule has 0 aliphatic carbocycles. The Balaban J connectivity index is 1.46. The van der Waals surface area contributed by atoms with E-state index in [-0.39, 0.29) is 5.91 Å². The standard InChI is InChI=1S/C15H19N7O/c1-9-10(2)16-8-17-14(9)21-4-11-6-22(7-12(11)5-21)15(23)13-3-18-20-19-13/h3,8,11-12H,4-7H2,1-2H3,(H,18,19,20). The van der Waals surface area contributed by atoms with Crippen molar-refractivity contribution in [1.29, 1.82) is 0 Å². The molecule has 2 unspecified atom stereocenters. The summed E-state index contributed by atoms with van der Waals surface area (Å²) in [5.74, 6) is 1.97. The summed E-state index contributed by atoms with van der Waals surface area (Å²) in [5.41, 5.74) is 2.56. The lowest BCUT2D eigenvalue weighted by Crippen LogP contribution is -2.34. The second-order valence-electron chi connectivity index (χ2n) is 6.40. The van der Waals surface area contributed by atoms with Crippen LogP contribution in [0, 0.1) is 25.7 Å². The number of fused-ring (bicyclic) bond motifs is 1. The van der Waals surface area contributed by atoms with E-state index in [9.17, 15) is 4.79 Å². The van der Waals surface area contributed by atoms with Gasteiger partial charge in [0.15, 0.2) is 5.69 Å². The van der Waals surface area contributed by atoms with Crippen LogP contribution in [0.25, 0.3) is 0 Å². The van der Waals surface area contributed by atoms with Crippen LogP contribution in [-0.4, -0.2) is 62.4 Å². The van der Waals surface area contributed by atoms with Crippen LogP contribution in [-0.2, 0) is 0 Å². The van der Waals surface area contributed by atoms with Gasteiger partial charge >= 0.3 is 0 Å². The van der Waals surface area contributed by atoms with Gasteiger partial charge < -0.3 is 9.80 Å². The van der Waals surface area contributed by atoms with E-state index in [1.165, 1.54) is 6.20 Å². The maximum Gasteiger partial charge on any atom is 0.276 e. The average Bonchev–Trinajstić information content (AvgIpc) is 3.24. The van der Waals surface area contributed by atoms with E-state index in [2.05, 4.69) is 37.2 Å². The number of H-pyrrole nitrogens is 1. The number of amides is 1. The molecular formula is C15H19N7O. The predicted molar refractivity (Wildman–Crippen MR) is 83.0 cm³/mol. The van der Waals surface area contributed by atoms with E-state index in [0.717, 1.165) is 43.3 Å². The molecule has 0 aromatic carbocycles. The molecule has 8 nitrogen and oxygen atoms in total. The predicted octanol–water partition coefficient (Wildman–Crippen LogP) is 0.420. The number of aromatic nitrogens is 5. The SMILES string of the molecule is Cc1ncnc(N2CC3CN(C(=O)c4cn[nH]n4)CC3C2)c1C. The Kier molecular flexibility index (Phi) is 3.24. The molecule has 2 atom stereocenters. The lowest BCUT2D eigenvalue weighted by Gasteiger charge is -2.23. The number of nitrogens with one attached hydrogen (secondary N) is 1. The zero-order valence-corrected chi connectivity index (χ0v) is 13.2. The first-order chi connectivity index (χ1) is 11.1. The molecule has 0 saturated carbocycles. The van der Waals surface area contributed by atoms with Crippen LogP contribution in [0.2, 0.25) is 0 Å². The van der Waals surface area contributed by atoms with Crippen LogP contribution in [0.1, 0.15) is 21.7 Å². The minimum absolute atomic E-state index is 0.0336. The highest BCUT2D eigenvalue weighted by atomic mass is 16.2. The topological polar surface area (TPSA) is 90.9 Å². The molecule has 2 aromatic heterocycles. The van der Waals surface area contributed by atoms with Crippen LogP contribution in [0.4, 0.5) is 5.82 Å². The highest BCUT2D eigenvalue weighted by molar-refractivity contribution is 5.92. The number of nitrogens with zero attached hydrogens (tertiary/aromatic N) is 6. The Labute approximate surface area is 133 Å². The number of rotatable bonds is 2. The zero-order valence-electron chi connectivity index (χ0n) is 13.2. The minimum atomic E-state index is -0.0336.